The van der Waals surface area contributed by atoms with E-state index in [0.29, 0.717) is 10.7 Å². The van der Waals surface area contributed by atoms with E-state index in [1.807, 2.05) is 35.0 Å². The highest BCUT2D eigenvalue weighted by atomic mass is 79.9. The average molecular weight is 324 g/mol. The Bertz CT molecular complexity index is 738. The Balaban J connectivity index is 2.32. The van der Waals surface area contributed by atoms with E-state index in [0.717, 1.165) is 15.5 Å². The van der Waals surface area contributed by atoms with Gasteiger partial charge in [-0.05, 0) is 18.2 Å². The third kappa shape index (κ3) is 1.85. The van der Waals surface area contributed by atoms with E-state index in [2.05, 4.69) is 25.9 Å². The third-order valence-corrected chi connectivity index (χ3v) is 3.40. The van der Waals surface area contributed by atoms with Gasteiger partial charge in [0.15, 0.2) is 5.65 Å². The average Bonchev–Trinajstić information content (AvgIpc) is 2.66. The Hall–Kier alpha value is -1.59. The first-order chi connectivity index (χ1) is 8.65. The first-order valence-corrected chi connectivity index (χ1v) is 6.37. The summed E-state index contributed by atoms with van der Waals surface area (Å²) in [5, 5.41) is 1.39. The molecular formula is C12H8BrClN4. The zero-order chi connectivity index (χ0) is 12.7. The largest absolute Gasteiger partial charge is 0.368 e. The number of anilines is 1. The molecule has 6 heteroatoms. The maximum atomic E-state index is 6.17. The van der Waals surface area contributed by atoms with Crippen LogP contribution in [0.5, 0.6) is 0 Å². The molecule has 1 aromatic carbocycles. The summed E-state index contributed by atoms with van der Waals surface area (Å²) in [7, 11) is 0. The highest BCUT2D eigenvalue weighted by Crippen LogP contribution is 2.27. The van der Waals surface area contributed by atoms with E-state index in [-0.39, 0.29) is 5.95 Å². The molecule has 18 heavy (non-hydrogen) atoms. The van der Waals surface area contributed by atoms with Crippen LogP contribution < -0.4 is 5.73 Å². The number of nitrogens with zero attached hydrogens (tertiary/aromatic N) is 3. The van der Waals surface area contributed by atoms with E-state index in [4.69, 9.17) is 17.3 Å². The molecule has 3 aromatic rings. The molecule has 0 aliphatic rings. The molecule has 0 aliphatic carbocycles. The summed E-state index contributed by atoms with van der Waals surface area (Å²) >= 11 is 9.61. The molecule has 4 nitrogen and oxygen atoms in total. The van der Waals surface area contributed by atoms with Crippen molar-refractivity contribution in [3.63, 3.8) is 0 Å². The van der Waals surface area contributed by atoms with Gasteiger partial charge in [-0.25, -0.2) is 4.98 Å². The minimum atomic E-state index is 0.230. The summed E-state index contributed by atoms with van der Waals surface area (Å²) in [5.41, 5.74) is 7.28. The Labute approximate surface area is 117 Å². The molecule has 0 unspecified atom stereocenters. The van der Waals surface area contributed by atoms with Crippen LogP contribution in [-0.4, -0.2) is 14.5 Å². The van der Waals surface area contributed by atoms with Gasteiger partial charge in [0, 0.05) is 22.6 Å². The zero-order valence-electron chi connectivity index (χ0n) is 9.14. The molecule has 0 atom stereocenters. The standard InChI is InChI=1S/C12H8BrClN4/c13-7-2-1-3-8(4-7)18-6-10(14)9-5-16-12(15)17-11(9)18/h1-6H,(H2,15,16,17). The molecule has 0 bridgehead atoms. The lowest BCUT2D eigenvalue weighted by atomic mass is 10.3. The van der Waals surface area contributed by atoms with E-state index in [1.165, 1.54) is 0 Å². The third-order valence-electron chi connectivity index (χ3n) is 2.60. The number of fused-ring (bicyclic) bond motifs is 1. The van der Waals surface area contributed by atoms with Gasteiger partial charge in [-0.1, -0.05) is 33.6 Å². The highest BCUT2D eigenvalue weighted by Gasteiger charge is 2.10. The van der Waals surface area contributed by atoms with Crippen molar-refractivity contribution in [2.75, 3.05) is 5.73 Å². The molecule has 0 saturated heterocycles. The minimum absolute atomic E-state index is 0.230. The van der Waals surface area contributed by atoms with Gasteiger partial charge in [-0.3, -0.25) is 4.57 Å². The van der Waals surface area contributed by atoms with E-state index in [9.17, 15) is 0 Å². The molecule has 0 aliphatic heterocycles. The molecule has 0 fully saturated rings. The lowest BCUT2D eigenvalue weighted by Crippen LogP contribution is -1.98. The first-order valence-electron chi connectivity index (χ1n) is 5.20. The van der Waals surface area contributed by atoms with Gasteiger partial charge < -0.3 is 5.73 Å². The number of halogens is 2. The smallest absolute Gasteiger partial charge is 0.221 e. The van der Waals surface area contributed by atoms with Crippen LogP contribution in [0.15, 0.2) is 41.1 Å². The van der Waals surface area contributed by atoms with Gasteiger partial charge >= 0.3 is 0 Å². The zero-order valence-corrected chi connectivity index (χ0v) is 11.5. The number of rotatable bonds is 1. The number of benzene rings is 1. The van der Waals surface area contributed by atoms with Crippen molar-refractivity contribution in [2.24, 2.45) is 0 Å². The van der Waals surface area contributed by atoms with Crippen LogP contribution >= 0.6 is 27.5 Å². The van der Waals surface area contributed by atoms with Gasteiger partial charge in [0.2, 0.25) is 5.95 Å². The van der Waals surface area contributed by atoms with Crippen molar-refractivity contribution in [3.05, 3.63) is 46.2 Å². The van der Waals surface area contributed by atoms with Gasteiger partial charge in [0.1, 0.15) is 0 Å². The Morgan fingerprint density at radius 2 is 2.17 bits per heavy atom. The SMILES string of the molecule is Nc1ncc2c(Cl)cn(-c3cccc(Br)c3)c2n1. The predicted molar refractivity (Wildman–Crippen MR) is 76.0 cm³/mol. The van der Waals surface area contributed by atoms with Crippen molar-refractivity contribution in [2.45, 2.75) is 0 Å². The molecule has 0 spiro atoms. The van der Waals surface area contributed by atoms with Crippen LogP contribution in [-0.2, 0) is 0 Å². The second-order valence-corrected chi connectivity index (χ2v) is 5.12. The van der Waals surface area contributed by atoms with Crippen LogP contribution in [0.3, 0.4) is 0 Å². The molecule has 90 valence electrons. The van der Waals surface area contributed by atoms with Crippen LogP contribution in [0, 0.1) is 0 Å². The normalized spacial score (nSPS) is 11.0. The molecule has 0 amide bonds. The molecule has 2 aromatic heterocycles. The fourth-order valence-corrected chi connectivity index (χ4v) is 2.42. The van der Waals surface area contributed by atoms with E-state index < -0.39 is 0 Å². The van der Waals surface area contributed by atoms with E-state index >= 15 is 0 Å². The highest BCUT2D eigenvalue weighted by molar-refractivity contribution is 9.10. The molecule has 2 heterocycles. The van der Waals surface area contributed by atoms with Crippen LogP contribution in [0.4, 0.5) is 5.95 Å². The van der Waals surface area contributed by atoms with Crippen molar-refractivity contribution in [1.82, 2.24) is 14.5 Å². The number of hydrogen-bond acceptors (Lipinski definition) is 3. The summed E-state index contributed by atoms with van der Waals surface area (Å²) in [4.78, 5) is 8.18. The summed E-state index contributed by atoms with van der Waals surface area (Å²) in [6.45, 7) is 0. The number of nitrogens with two attached hydrogens (primary N) is 1. The van der Waals surface area contributed by atoms with Crippen LogP contribution in [0.25, 0.3) is 16.7 Å². The maximum absolute atomic E-state index is 6.17. The van der Waals surface area contributed by atoms with Crippen LogP contribution in [0.2, 0.25) is 5.02 Å². The fraction of sp³-hybridized carbons (Fsp3) is 0. The van der Waals surface area contributed by atoms with E-state index in [1.54, 1.807) is 6.20 Å². The number of hydrogen-bond donors (Lipinski definition) is 1. The molecule has 0 radical (unpaired) electrons. The number of aromatic nitrogens is 3. The lowest BCUT2D eigenvalue weighted by molar-refractivity contribution is 1.08. The van der Waals surface area contributed by atoms with Gasteiger partial charge in [-0.2, -0.15) is 4.98 Å². The molecule has 2 N–H and O–H groups in total. The Morgan fingerprint density at radius 3 is 2.94 bits per heavy atom. The summed E-state index contributed by atoms with van der Waals surface area (Å²) < 4.78 is 2.88. The second kappa shape index (κ2) is 4.26. The van der Waals surface area contributed by atoms with Crippen LogP contribution in [0.1, 0.15) is 0 Å². The summed E-state index contributed by atoms with van der Waals surface area (Å²) in [6, 6.07) is 7.86. The Kier molecular flexibility index (Phi) is 2.72. The quantitative estimate of drug-likeness (QED) is 0.746. The second-order valence-electron chi connectivity index (χ2n) is 3.79. The molecular weight excluding hydrogens is 316 g/mol. The summed E-state index contributed by atoms with van der Waals surface area (Å²) in [6.07, 6.45) is 3.44. The van der Waals surface area contributed by atoms with Gasteiger partial charge in [0.05, 0.1) is 10.4 Å². The monoisotopic (exact) mass is 322 g/mol. The Morgan fingerprint density at radius 1 is 1.33 bits per heavy atom. The van der Waals surface area contributed by atoms with Gasteiger partial charge in [-0.15, -0.1) is 0 Å². The topological polar surface area (TPSA) is 56.7 Å². The van der Waals surface area contributed by atoms with Crippen molar-refractivity contribution in [1.29, 1.82) is 0 Å². The van der Waals surface area contributed by atoms with Gasteiger partial charge in [0.25, 0.3) is 0 Å². The summed E-state index contributed by atoms with van der Waals surface area (Å²) in [5.74, 6) is 0.230. The van der Waals surface area contributed by atoms with Crippen molar-refractivity contribution >= 4 is 44.5 Å². The fourth-order valence-electron chi connectivity index (χ4n) is 1.80. The number of nitrogen functional groups attached to an aromatic ring is 1. The minimum Gasteiger partial charge on any atom is -0.368 e. The molecule has 3 rings (SSSR count). The first kappa shape index (κ1) is 11.5. The molecule has 0 saturated carbocycles. The predicted octanol–water partition coefficient (Wildman–Crippen LogP) is 3.42. The van der Waals surface area contributed by atoms with Crippen molar-refractivity contribution < 1.29 is 0 Å². The maximum Gasteiger partial charge on any atom is 0.221 e. The van der Waals surface area contributed by atoms with Crippen molar-refractivity contribution in [3.8, 4) is 5.69 Å². The lowest BCUT2D eigenvalue weighted by Gasteiger charge is -2.04.